The van der Waals surface area contributed by atoms with Gasteiger partial charge < -0.3 is 5.11 Å². The first-order chi connectivity index (χ1) is 8.50. The van der Waals surface area contributed by atoms with Crippen LogP contribution in [0.15, 0.2) is 36.4 Å². The fraction of sp³-hybridized carbons (Fsp3) is 0.188. The molecule has 2 nitrogen and oxygen atoms in total. The third-order valence-corrected chi connectivity index (χ3v) is 3.04. The molecule has 0 aromatic heterocycles. The zero-order chi connectivity index (χ0) is 13.3. The fourth-order valence-corrected chi connectivity index (χ4v) is 2.33. The first-order valence-electron chi connectivity index (χ1n) is 5.89. The summed E-state index contributed by atoms with van der Waals surface area (Å²) in [7, 11) is 0. The second kappa shape index (κ2) is 7.95. The predicted molar refractivity (Wildman–Crippen MR) is 81.1 cm³/mol. The largest absolute Gasteiger partial charge is 1.00 e. The van der Waals surface area contributed by atoms with Crippen molar-refractivity contribution in [3.63, 3.8) is 0 Å². The minimum atomic E-state index is -0.220. The maximum absolute atomic E-state index is 12.4. The molecule has 100 valence electrons. The second-order valence-electron chi connectivity index (χ2n) is 4.60. The van der Waals surface area contributed by atoms with E-state index in [1.165, 1.54) is 6.07 Å². The average molecular weight is 296 g/mol. The third kappa shape index (κ3) is 3.93. The van der Waals surface area contributed by atoms with Crippen LogP contribution in [-0.2, 0) is 0 Å². The Labute approximate surface area is 145 Å². The van der Waals surface area contributed by atoms with Crippen molar-refractivity contribution in [1.82, 2.24) is 0 Å². The van der Waals surface area contributed by atoms with Crippen LogP contribution in [0.3, 0.4) is 0 Å². The summed E-state index contributed by atoms with van der Waals surface area (Å²) in [5, 5.41) is 11.7. The van der Waals surface area contributed by atoms with E-state index in [-0.39, 0.29) is 56.6 Å². The van der Waals surface area contributed by atoms with Crippen LogP contribution in [0, 0.1) is 20.8 Å². The third-order valence-electron chi connectivity index (χ3n) is 3.04. The number of carbonyl (C=O) groups excluding carboxylic acids is 1. The van der Waals surface area contributed by atoms with Crippen molar-refractivity contribution in [2.24, 2.45) is 0 Å². The molecule has 0 N–H and O–H groups in total. The summed E-state index contributed by atoms with van der Waals surface area (Å²) in [6.45, 7) is 5.80. The Morgan fingerprint density at radius 3 is 2.00 bits per heavy atom. The maximum Gasteiger partial charge on any atom is 1.00 e. The molecule has 1 atom stereocenters. The quantitative estimate of drug-likeness (QED) is 0.444. The van der Waals surface area contributed by atoms with E-state index in [9.17, 15) is 9.90 Å². The van der Waals surface area contributed by atoms with Crippen LogP contribution in [0.25, 0.3) is 0 Å². The minimum absolute atomic E-state index is 0. The van der Waals surface area contributed by atoms with Gasteiger partial charge >= 0.3 is 29.6 Å². The average Bonchev–Trinajstić information content (AvgIpc) is 2.27. The Bertz CT molecular complexity index is 601. The number of carbonyl (C=O) groups is 1. The molecule has 0 radical (unpaired) electrons. The number of rotatable bonds is 2. The number of benzene rings is 2. The zero-order valence-corrected chi connectivity index (χ0v) is 15.9. The molecule has 4 heteroatoms. The topological polar surface area (TPSA) is 40.1 Å². The molecule has 2 aromatic rings. The van der Waals surface area contributed by atoms with Crippen molar-refractivity contribution in [2.75, 3.05) is 0 Å². The van der Waals surface area contributed by atoms with Gasteiger partial charge in [0.25, 0.3) is 0 Å². The van der Waals surface area contributed by atoms with Crippen molar-refractivity contribution in [3.8, 4) is 5.75 Å². The fourth-order valence-electron chi connectivity index (χ4n) is 2.33. The molecule has 2 aromatic carbocycles. The molecule has 0 aliphatic rings. The number of para-hydroxylation sites is 1. The molecular formula is C16H18NaO2P. The van der Waals surface area contributed by atoms with E-state index < -0.39 is 0 Å². The number of hydrogen-bond acceptors (Lipinski definition) is 2. The van der Waals surface area contributed by atoms with Crippen LogP contribution in [-0.4, -0.2) is 5.78 Å². The van der Waals surface area contributed by atoms with Crippen molar-refractivity contribution in [1.29, 1.82) is 0 Å². The van der Waals surface area contributed by atoms with Crippen LogP contribution >= 0.6 is 9.90 Å². The Morgan fingerprint density at radius 1 is 1.00 bits per heavy atom. The Balaban J connectivity index is 0.00000180. The summed E-state index contributed by atoms with van der Waals surface area (Å²) in [5.74, 6) is -0.405. The van der Waals surface area contributed by atoms with Gasteiger partial charge in [0.1, 0.15) is 0 Å². The van der Waals surface area contributed by atoms with Gasteiger partial charge in [0.2, 0.25) is 0 Å². The zero-order valence-electron chi connectivity index (χ0n) is 12.5. The SMILES string of the molecule is Cc1cc(C)c(C(=O)c2ccccc2[O-])c(C)c1.P.[Na+]. The number of aryl methyl sites for hydroxylation is 3. The van der Waals surface area contributed by atoms with Gasteiger partial charge in [-0.2, -0.15) is 9.90 Å². The van der Waals surface area contributed by atoms with Gasteiger partial charge in [-0.05, 0) is 31.9 Å². The summed E-state index contributed by atoms with van der Waals surface area (Å²) in [6, 6.07) is 10.3. The van der Waals surface area contributed by atoms with Gasteiger partial charge in [-0.25, -0.2) is 0 Å². The molecule has 0 saturated carbocycles. The molecule has 0 heterocycles. The Hall–Kier alpha value is -0.660. The Kier molecular flexibility index (Phi) is 7.69. The standard InChI is InChI=1S/C16H16O2.Na.H3P/c1-10-8-11(2)15(12(3)9-10)16(18)13-6-4-5-7-14(13)17;;/h4-9,17H,1-3H3;;1H3/q;+1;/p-1. The normalized spacial score (nSPS) is 9.35. The van der Waals surface area contributed by atoms with E-state index in [1.807, 2.05) is 32.9 Å². The molecule has 0 aliphatic heterocycles. The van der Waals surface area contributed by atoms with Crippen LogP contribution in [0.5, 0.6) is 5.75 Å². The molecular weight excluding hydrogens is 278 g/mol. The van der Waals surface area contributed by atoms with Crippen LogP contribution < -0.4 is 34.7 Å². The summed E-state index contributed by atoms with van der Waals surface area (Å²) in [4.78, 5) is 12.4. The molecule has 0 saturated heterocycles. The molecule has 0 bridgehead atoms. The van der Waals surface area contributed by atoms with Crippen molar-refractivity contribution >= 4 is 15.7 Å². The monoisotopic (exact) mass is 296 g/mol. The second-order valence-corrected chi connectivity index (χ2v) is 4.60. The number of hydrogen-bond donors (Lipinski definition) is 0. The van der Waals surface area contributed by atoms with Crippen LogP contribution in [0.4, 0.5) is 0 Å². The number of ketones is 1. The van der Waals surface area contributed by atoms with Crippen molar-refractivity contribution < 1.29 is 39.5 Å². The summed E-state index contributed by atoms with van der Waals surface area (Å²) in [5.41, 5.74) is 3.84. The maximum atomic E-state index is 12.4. The molecule has 2 rings (SSSR count). The van der Waals surface area contributed by atoms with E-state index in [0.717, 1.165) is 16.7 Å². The van der Waals surface area contributed by atoms with Crippen LogP contribution in [0.2, 0.25) is 0 Å². The van der Waals surface area contributed by atoms with E-state index in [1.54, 1.807) is 18.2 Å². The van der Waals surface area contributed by atoms with Gasteiger partial charge in [0, 0.05) is 11.1 Å². The van der Waals surface area contributed by atoms with Gasteiger partial charge in [0.05, 0.1) is 0 Å². The summed E-state index contributed by atoms with van der Waals surface area (Å²) < 4.78 is 0. The van der Waals surface area contributed by atoms with Crippen LogP contribution in [0.1, 0.15) is 32.6 Å². The van der Waals surface area contributed by atoms with Crippen molar-refractivity contribution in [3.05, 3.63) is 64.2 Å². The molecule has 20 heavy (non-hydrogen) atoms. The van der Waals surface area contributed by atoms with Gasteiger partial charge in [-0.1, -0.05) is 47.7 Å². The minimum Gasteiger partial charge on any atom is -0.872 e. The van der Waals surface area contributed by atoms with Gasteiger partial charge in [-0.15, -0.1) is 0 Å². The van der Waals surface area contributed by atoms with Crippen molar-refractivity contribution in [2.45, 2.75) is 20.8 Å². The Morgan fingerprint density at radius 2 is 1.50 bits per heavy atom. The summed E-state index contributed by atoms with van der Waals surface area (Å²) >= 11 is 0. The molecule has 1 unspecified atom stereocenters. The van der Waals surface area contributed by atoms with Gasteiger partial charge in [0.15, 0.2) is 5.78 Å². The van der Waals surface area contributed by atoms with E-state index in [0.29, 0.717) is 5.56 Å². The first-order valence-corrected chi connectivity index (χ1v) is 5.89. The molecule has 0 aliphatic carbocycles. The van der Waals surface area contributed by atoms with E-state index >= 15 is 0 Å². The smallest absolute Gasteiger partial charge is 0.872 e. The molecule has 0 fully saturated rings. The summed E-state index contributed by atoms with van der Waals surface area (Å²) in [6.07, 6.45) is 0. The van der Waals surface area contributed by atoms with Gasteiger partial charge in [-0.3, -0.25) is 4.79 Å². The molecule has 0 amide bonds. The van der Waals surface area contributed by atoms with E-state index in [2.05, 4.69) is 0 Å². The molecule has 0 spiro atoms. The first kappa shape index (κ1) is 19.3. The predicted octanol–water partition coefficient (Wildman–Crippen LogP) is -0.0214. The van der Waals surface area contributed by atoms with E-state index in [4.69, 9.17) is 0 Å².